The molecule has 0 spiro atoms. The third-order valence-corrected chi connectivity index (χ3v) is 5.03. The van der Waals surface area contributed by atoms with Crippen LogP contribution in [0.25, 0.3) is 0 Å². The number of nitrogens with zero attached hydrogens (tertiary/aromatic N) is 2. The van der Waals surface area contributed by atoms with Crippen LogP contribution in [0.1, 0.15) is 46.0 Å². The van der Waals surface area contributed by atoms with E-state index in [1.165, 1.54) is 38.9 Å². The van der Waals surface area contributed by atoms with E-state index in [-0.39, 0.29) is 6.10 Å². The van der Waals surface area contributed by atoms with Gasteiger partial charge in [0.05, 0.1) is 19.3 Å². The Kier molecular flexibility index (Phi) is 13.0. The van der Waals surface area contributed by atoms with Crippen LogP contribution in [0.3, 0.4) is 0 Å². The summed E-state index contributed by atoms with van der Waals surface area (Å²) in [6, 6.07) is 8.02. The molecule has 0 atom stereocenters. The molecule has 0 saturated carbocycles. The third kappa shape index (κ3) is 12.0. The van der Waals surface area contributed by atoms with Gasteiger partial charge in [0.25, 0.3) is 0 Å². The van der Waals surface area contributed by atoms with Crippen LogP contribution in [0.4, 0.5) is 5.69 Å². The van der Waals surface area contributed by atoms with E-state index in [0.717, 1.165) is 36.8 Å². The maximum absolute atomic E-state index is 5.73. The van der Waals surface area contributed by atoms with E-state index in [1.807, 2.05) is 38.1 Å². The number of benzene rings is 1. The van der Waals surface area contributed by atoms with Crippen molar-refractivity contribution in [2.75, 3.05) is 65.0 Å². The molecule has 1 aliphatic heterocycles. The van der Waals surface area contributed by atoms with E-state index in [4.69, 9.17) is 19.2 Å². The molecule has 176 valence electrons. The number of methoxy groups -OCH3 is 1. The minimum Gasteiger partial charge on any atom is -0.491 e. The second-order valence-corrected chi connectivity index (χ2v) is 8.19. The summed E-state index contributed by atoms with van der Waals surface area (Å²) in [5, 5.41) is 6.89. The Morgan fingerprint density at radius 1 is 1.03 bits per heavy atom. The number of hydrogen-bond acceptors (Lipinski definition) is 5. The first-order chi connectivity index (χ1) is 15.2. The summed E-state index contributed by atoms with van der Waals surface area (Å²) in [7, 11) is 1.68. The van der Waals surface area contributed by atoms with E-state index in [1.54, 1.807) is 7.11 Å². The average molecular weight is 435 g/mol. The zero-order valence-electron chi connectivity index (χ0n) is 19.7. The maximum Gasteiger partial charge on any atom is 0.195 e. The summed E-state index contributed by atoms with van der Waals surface area (Å²) in [4.78, 5) is 7.29. The van der Waals surface area contributed by atoms with Crippen LogP contribution in [-0.2, 0) is 9.47 Å². The van der Waals surface area contributed by atoms with E-state index in [2.05, 4.69) is 15.5 Å². The van der Waals surface area contributed by atoms with E-state index in [9.17, 15) is 0 Å². The standard InChI is InChI=1S/C24H42N4O3/c1-21(2)31-23-11-9-22(10-12-23)27-24(26-14-8-18-30-20-19-29-3)25-13-4-5-15-28-16-6-7-17-28/h9-12,21H,4-8,13-20H2,1-3H3,(H2,25,26,27). The molecule has 0 aliphatic carbocycles. The molecule has 0 aromatic heterocycles. The number of likely N-dealkylation sites (tertiary alicyclic amines) is 1. The van der Waals surface area contributed by atoms with Gasteiger partial charge in [-0.15, -0.1) is 0 Å². The first kappa shape index (κ1) is 25.4. The van der Waals surface area contributed by atoms with Crippen LogP contribution >= 0.6 is 0 Å². The number of guanidine groups is 1. The van der Waals surface area contributed by atoms with Crippen molar-refractivity contribution in [3.05, 3.63) is 24.3 Å². The van der Waals surface area contributed by atoms with Crippen LogP contribution in [-0.4, -0.2) is 76.6 Å². The smallest absolute Gasteiger partial charge is 0.195 e. The number of anilines is 1. The summed E-state index contributed by atoms with van der Waals surface area (Å²) in [5.41, 5.74) is 0.996. The van der Waals surface area contributed by atoms with Crippen LogP contribution in [0, 0.1) is 0 Å². The average Bonchev–Trinajstić information content (AvgIpc) is 3.27. The lowest BCUT2D eigenvalue weighted by Crippen LogP contribution is -2.32. The van der Waals surface area contributed by atoms with Crippen LogP contribution in [0.15, 0.2) is 29.3 Å². The SMILES string of the molecule is COCCOCCCN=C(NCCCCN1CCCC1)Nc1ccc(OC(C)C)cc1. The molecule has 31 heavy (non-hydrogen) atoms. The van der Waals surface area contributed by atoms with Crippen molar-refractivity contribution in [3.63, 3.8) is 0 Å². The van der Waals surface area contributed by atoms with Gasteiger partial charge in [-0.05, 0) is 89.9 Å². The van der Waals surface area contributed by atoms with Crippen molar-refractivity contribution in [2.45, 2.75) is 52.1 Å². The number of ether oxygens (including phenoxy) is 3. The molecule has 1 saturated heterocycles. The first-order valence-corrected chi connectivity index (χ1v) is 11.8. The summed E-state index contributed by atoms with van der Waals surface area (Å²) in [6.45, 7) is 11.4. The Morgan fingerprint density at radius 2 is 1.81 bits per heavy atom. The van der Waals surface area contributed by atoms with Gasteiger partial charge in [-0.3, -0.25) is 4.99 Å². The van der Waals surface area contributed by atoms with Crippen LogP contribution in [0.5, 0.6) is 5.75 Å². The number of aliphatic imine (C=N–C) groups is 1. The lowest BCUT2D eigenvalue weighted by atomic mass is 10.3. The zero-order valence-corrected chi connectivity index (χ0v) is 19.7. The van der Waals surface area contributed by atoms with Crippen molar-refractivity contribution in [1.82, 2.24) is 10.2 Å². The predicted molar refractivity (Wildman–Crippen MR) is 128 cm³/mol. The van der Waals surface area contributed by atoms with Crippen molar-refractivity contribution in [1.29, 1.82) is 0 Å². The highest BCUT2D eigenvalue weighted by Crippen LogP contribution is 2.17. The van der Waals surface area contributed by atoms with Gasteiger partial charge in [-0.25, -0.2) is 0 Å². The molecular weight excluding hydrogens is 392 g/mol. The Labute approximate surface area is 188 Å². The molecule has 0 amide bonds. The van der Waals surface area contributed by atoms with E-state index < -0.39 is 0 Å². The maximum atomic E-state index is 5.73. The van der Waals surface area contributed by atoms with Gasteiger partial charge in [0.2, 0.25) is 0 Å². The Bertz CT molecular complexity index is 601. The molecule has 1 aliphatic rings. The lowest BCUT2D eigenvalue weighted by molar-refractivity contribution is 0.0702. The molecular formula is C24H42N4O3. The van der Waals surface area contributed by atoms with Gasteiger partial charge in [-0.2, -0.15) is 0 Å². The van der Waals surface area contributed by atoms with Gasteiger partial charge in [-0.1, -0.05) is 0 Å². The number of hydrogen-bond donors (Lipinski definition) is 2. The minimum absolute atomic E-state index is 0.171. The summed E-state index contributed by atoms with van der Waals surface area (Å²) >= 11 is 0. The second kappa shape index (κ2) is 15.9. The molecule has 1 fully saturated rings. The zero-order chi connectivity index (χ0) is 22.2. The Morgan fingerprint density at radius 3 is 2.52 bits per heavy atom. The first-order valence-electron chi connectivity index (χ1n) is 11.8. The molecule has 2 rings (SSSR count). The monoisotopic (exact) mass is 434 g/mol. The molecule has 0 radical (unpaired) electrons. The molecule has 1 heterocycles. The Hall–Kier alpha value is -1.83. The van der Waals surface area contributed by atoms with Gasteiger partial charge in [0.15, 0.2) is 5.96 Å². The quantitative estimate of drug-likeness (QED) is 0.249. The van der Waals surface area contributed by atoms with Crippen LogP contribution < -0.4 is 15.4 Å². The Balaban J connectivity index is 1.77. The highest BCUT2D eigenvalue weighted by atomic mass is 16.5. The molecule has 1 aromatic rings. The largest absolute Gasteiger partial charge is 0.491 e. The highest BCUT2D eigenvalue weighted by Gasteiger charge is 2.10. The molecule has 0 bridgehead atoms. The minimum atomic E-state index is 0.171. The van der Waals surface area contributed by atoms with E-state index in [0.29, 0.717) is 26.4 Å². The predicted octanol–water partition coefficient (Wildman–Crippen LogP) is 3.76. The van der Waals surface area contributed by atoms with Gasteiger partial charge in [0, 0.05) is 32.5 Å². The number of nitrogens with one attached hydrogen (secondary N) is 2. The topological polar surface area (TPSA) is 67.4 Å². The number of unbranched alkanes of at least 4 members (excludes halogenated alkanes) is 1. The molecule has 0 unspecified atom stereocenters. The van der Waals surface area contributed by atoms with Gasteiger partial charge in [0.1, 0.15) is 5.75 Å². The van der Waals surface area contributed by atoms with Gasteiger partial charge >= 0.3 is 0 Å². The fourth-order valence-corrected chi connectivity index (χ4v) is 3.44. The van der Waals surface area contributed by atoms with Crippen molar-refractivity contribution < 1.29 is 14.2 Å². The fourth-order valence-electron chi connectivity index (χ4n) is 3.44. The van der Waals surface area contributed by atoms with Gasteiger partial charge < -0.3 is 29.7 Å². The number of rotatable bonds is 15. The summed E-state index contributed by atoms with van der Waals surface area (Å²) < 4.78 is 16.2. The fraction of sp³-hybridized carbons (Fsp3) is 0.708. The molecule has 1 aromatic carbocycles. The van der Waals surface area contributed by atoms with E-state index >= 15 is 0 Å². The van der Waals surface area contributed by atoms with Crippen LogP contribution in [0.2, 0.25) is 0 Å². The third-order valence-electron chi connectivity index (χ3n) is 5.03. The van der Waals surface area contributed by atoms with Crippen molar-refractivity contribution in [2.24, 2.45) is 4.99 Å². The highest BCUT2D eigenvalue weighted by molar-refractivity contribution is 5.93. The second-order valence-electron chi connectivity index (χ2n) is 8.19. The normalized spacial score (nSPS) is 14.9. The molecule has 7 heteroatoms. The summed E-state index contributed by atoms with van der Waals surface area (Å²) in [5.74, 6) is 1.69. The summed E-state index contributed by atoms with van der Waals surface area (Å²) in [6.07, 6.45) is 6.12. The molecule has 7 nitrogen and oxygen atoms in total. The lowest BCUT2D eigenvalue weighted by Gasteiger charge is -2.16. The van der Waals surface area contributed by atoms with Crippen molar-refractivity contribution in [3.8, 4) is 5.75 Å². The van der Waals surface area contributed by atoms with Crippen molar-refractivity contribution >= 4 is 11.6 Å². The molecule has 2 N–H and O–H groups in total.